The van der Waals surface area contributed by atoms with E-state index in [4.69, 9.17) is 9.47 Å². The Bertz CT molecular complexity index is 325. The van der Waals surface area contributed by atoms with E-state index in [2.05, 4.69) is 20.4 Å². The largest absolute Gasteiger partial charge is 0.462 e. The zero-order chi connectivity index (χ0) is 16.5. The van der Waals surface area contributed by atoms with E-state index >= 15 is 0 Å². The van der Waals surface area contributed by atoms with Crippen LogP contribution in [0, 0.1) is 5.92 Å². The molecule has 0 N–H and O–H groups in total. The van der Waals surface area contributed by atoms with E-state index in [1.165, 1.54) is 19.8 Å². The molecule has 1 heterocycles. The second-order valence-electron chi connectivity index (χ2n) is 5.11. The van der Waals surface area contributed by atoms with Crippen molar-refractivity contribution >= 4 is 5.97 Å². The molecule has 0 amide bonds. The number of hydrogen-bond donors (Lipinski definition) is 0. The zero-order valence-corrected chi connectivity index (χ0v) is 13.0. The van der Waals surface area contributed by atoms with Crippen molar-refractivity contribution in [1.29, 1.82) is 0 Å². The standard InChI is InChI=1S/C11H15F3O3.C4H10/c1-7(2)10(15)17-6-8-4-3-5-16-9(8)11(12,13)14;1-3-4-2/h8-9H,1,3-6H2,2H3;3-4H2,1-2H3. The van der Waals surface area contributed by atoms with E-state index in [1.807, 2.05) is 0 Å². The highest BCUT2D eigenvalue weighted by Gasteiger charge is 2.47. The Hall–Kier alpha value is -1.04. The first kappa shape index (κ1) is 20.0. The van der Waals surface area contributed by atoms with Gasteiger partial charge in [-0.05, 0) is 19.8 Å². The molecule has 0 saturated carbocycles. The molecule has 124 valence electrons. The summed E-state index contributed by atoms with van der Waals surface area (Å²) < 4.78 is 47.2. The lowest BCUT2D eigenvalue weighted by molar-refractivity contribution is -0.250. The monoisotopic (exact) mass is 310 g/mol. The fourth-order valence-electron chi connectivity index (χ4n) is 1.68. The number of alkyl halides is 3. The van der Waals surface area contributed by atoms with Gasteiger partial charge in [0.05, 0.1) is 6.61 Å². The third kappa shape index (κ3) is 8.09. The van der Waals surface area contributed by atoms with Crippen LogP contribution in [-0.4, -0.2) is 31.5 Å². The lowest BCUT2D eigenvalue weighted by Crippen LogP contribution is -2.43. The Morgan fingerprint density at radius 3 is 2.33 bits per heavy atom. The van der Waals surface area contributed by atoms with Crippen LogP contribution >= 0.6 is 0 Å². The fourth-order valence-corrected chi connectivity index (χ4v) is 1.68. The maximum absolute atomic E-state index is 12.6. The van der Waals surface area contributed by atoms with Gasteiger partial charge in [0.2, 0.25) is 0 Å². The van der Waals surface area contributed by atoms with Crippen molar-refractivity contribution in [2.45, 2.75) is 58.7 Å². The number of rotatable bonds is 4. The molecule has 0 bridgehead atoms. The minimum absolute atomic E-state index is 0.0924. The fraction of sp³-hybridized carbons (Fsp3) is 0.800. The predicted octanol–water partition coefficient (Wildman–Crippen LogP) is 4.27. The van der Waals surface area contributed by atoms with Crippen LogP contribution in [0.3, 0.4) is 0 Å². The van der Waals surface area contributed by atoms with Gasteiger partial charge in [0, 0.05) is 18.1 Å². The summed E-state index contributed by atoms with van der Waals surface area (Å²) >= 11 is 0. The summed E-state index contributed by atoms with van der Waals surface area (Å²) in [6.07, 6.45) is -2.73. The maximum atomic E-state index is 12.6. The Morgan fingerprint density at radius 1 is 1.33 bits per heavy atom. The molecule has 0 aliphatic carbocycles. The predicted molar refractivity (Wildman–Crippen MR) is 74.9 cm³/mol. The van der Waals surface area contributed by atoms with Gasteiger partial charge in [0.25, 0.3) is 0 Å². The molecular weight excluding hydrogens is 285 g/mol. The third-order valence-corrected chi connectivity index (χ3v) is 3.04. The molecular formula is C15H25F3O3. The highest BCUT2D eigenvalue weighted by Crippen LogP contribution is 2.34. The van der Waals surface area contributed by atoms with Gasteiger partial charge in [-0.3, -0.25) is 0 Å². The Labute approximate surface area is 124 Å². The highest BCUT2D eigenvalue weighted by molar-refractivity contribution is 5.86. The molecule has 0 spiro atoms. The van der Waals surface area contributed by atoms with Crippen molar-refractivity contribution < 1.29 is 27.4 Å². The Balaban J connectivity index is 0.000000885. The van der Waals surface area contributed by atoms with Crippen LogP contribution < -0.4 is 0 Å². The van der Waals surface area contributed by atoms with Crippen molar-refractivity contribution in [2.75, 3.05) is 13.2 Å². The number of esters is 1. The quantitative estimate of drug-likeness (QED) is 0.574. The van der Waals surface area contributed by atoms with E-state index in [9.17, 15) is 18.0 Å². The van der Waals surface area contributed by atoms with Gasteiger partial charge < -0.3 is 9.47 Å². The molecule has 1 rings (SSSR count). The molecule has 0 radical (unpaired) electrons. The summed E-state index contributed by atoms with van der Waals surface area (Å²) in [6, 6.07) is 0. The molecule has 2 unspecified atom stereocenters. The van der Waals surface area contributed by atoms with Crippen LogP contribution in [-0.2, 0) is 14.3 Å². The number of hydrogen-bond acceptors (Lipinski definition) is 3. The van der Waals surface area contributed by atoms with Gasteiger partial charge in [-0.15, -0.1) is 0 Å². The van der Waals surface area contributed by atoms with Crippen LogP contribution in [0.1, 0.15) is 46.5 Å². The number of ether oxygens (including phenoxy) is 2. The van der Waals surface area contributed by atoms with Gasteiger partial charge in [-0.2, -0.15) is 13.2 Å². The lowest BCUT2D eigenvalue weighted by Gasteiger charge is -2.32. The molecule has 1 aliphatic heterocycles. The summed E-state index contributed by atoms with van der Waals surface area (Å²) in [5, 5.41) is 0. The van der Waals surface area contributed by atoms with Crippen molar-refractivity contribution in [1.82, 2.24) is 0 Å². The van der Waals surface area contributed by atoms with Gasteiger partial charge in [0.1, 0.15) is 0 Å². The Morgan fingerprint density at radius 2 is 1.90 bits per heavy atom. The second kappa shape index (κ2) is 9.82. The first-order valence-corrected chi connectivity index (χ1v) is 7.24. The van der Waals surface area contributed by atoms with Crippen LogP contribution in [0.15, 0.2) is 12.2 Å². The maximum Gasteiger partial charge on any atom is 0.415 e. The van der Waals surface area contributed by atoms with E-state index in [0.29, 0.717) is 12.8 Å². The topological polar surface area (TPSA) is 35.5 Å². The molecule has 0 aromatic heterocycles. The van der Waals surface area contributed by atoms with E-state index in [1.54, 1.807) is 0 Å². The van der Waals surface area contributed by atoms with Crippen molar-refractivity contribution in [3.8, 4) is 0 Å². The van der Waals surface area contributed by atoms with E-state index in [-0.39, 0.29) is 18.8 Å². The van der Waals surface area contributed by atoms with Crippen molar-refractivity contribution in [3.63, 3.8) is 0 Å². The summed E-state index contributed by atoms with van der Waals surface area (Å²) in [5.41, 5.74) is 0.172. The Kier molecular flexibility index (Phi) is 9.33. The molecule has 6 heteroatoms. The minimum atomic E-state index is -4.42. The second-order valence-corrected chi connectivity index (χ2v) is 5.11. The number of unbranched alkanes of at least 4 members (excludes halogenated alkanes) is 1. The summed E-state index contributed by atoms with van der Waals surface area (Å²) in [7, 11) is 0. The average molecular weight is 310 g/mol. The summed E-state index contributed by atoms with van der Waals surface area (Å²) in [6.45, 7) is 8.98. The lowest BCUT2D eigenvalue weighted by atomic mass is 9.95. The SMILES string of the molecule is C=C(C)C(=O)OCC1CCCOC1C(F)(F)F.CCCC. The molecule has 0 aromatic carbocycles. The molecule has 1 fully saturated rings. The van der Waals surface area contributed by atoms with Crippen molar-refractivity contribution in [3.05, 3.63) is 12.2 Å². The van der Waals surface area contributed by atoms with Crippen molar-refractivity contribution in [2.24, 2.45) is 5.92 Å². The van der Waals surface area contributed by atoms with Crippen LogP contribution in [0.4, 0.5) is 13.2 Å². The van der Waals surface area contributed by atoms with Gasteiger partial charge >= 0.3 is 12.1 Å². The number of halogens is 3. The normalized spacial score (nSPS) is 22.0. The van der Waals surface area contributed by atoms with Gasteiger partial charge in [0.15, 0.2) is 6.10 Å². The molecule has 0 aromatic rings. The number of carbonyl (C=O) groups is 1. The first-order chi connectivity index (χ1) is 9.73. The van der Waals surface area contributed by atoms with Gasteiger partial charge in [-0.1, -0.05) is 33.3 Å². The zero-order valence-electron chi connectivity index (χ0n) is 13.0. The average Bonchev–Trinajstić information content (AvgIpc) is 2.44. The number of carbonyl (C=O) groups excluding carboxylic acids is 1. The summed E-state index contributed by atoms with van der Waals surface area (Å²) in [5.74, 6) is -1.50. The van der Waals surface area contributed by atoms with Crippen LogP contribution in [0.2, 0.25) is 0 Å². The smallest absolute Gasteiger partial charge is 0.415 e. The molecule has 1 saturated heterocycles. The first-order valence-electron chi connectivity index (χ1n) is 7.24. The van der Waals surface area contributed by atoms with E-state index < -0.39 is 24.2 Å². The minimum Gasteiger partial charge on any atom is -0.462 e. The molecule has 1 aliphatic rings. The summed E-state index contributed by atoms with van der Waals surface area (Å²) in [4.78, 5) is 11.1. The molecule has 3 nitrogen and oxygen atoms in total. The molecule has 2 atom stereocenters. The van der Waals surface area contributed by atoms with Gasteiger partial charge in [-0.25, -0.2) is 4.79 Å². The van der Waals surface area contributed by atoms with Crippen LogP contribution in [0.5, 0.6) is 0 Å². The van der Waals surface area contributed by atoms with E-state index in [0.717, 1.165) is 0 Å². The third-order valence-electron chi connectivity index (χ3n) is 3.04. The van der Waals surface area contributed by atoms with Crippen LogP contribution in [0.25, 0.3) is 0 Å². The molecule has 21 heavy (non-hydrogen) atoms. The highest BCUT2D eigenvalue weighted by atomic mass is 19.4.